The number of halogens is 2. The van der Waals surface area contributed by atoms with Crippen molar-refractivity contribution in [2.24, 2.45) is 13.0 Å². The Bertz CT molecular complexity index is 864. The Labute approximate surface area is 169 Å². The van der Waals surface area contributed by atoms with Gasteiger partial charge in [-0.1, -0.05) is 0 Å². The van der Waals surface area contributed by atoms with Crippen LogP contribution in [0.4, 0.5) is 5.69 Å². The van der Waals surface area contributed by atoms with Crippen molar-refractivity contribution in [3.8, 4) is 5.82 Å². The lowest BCUT2D eigenvalue weighted by Crippen LogP contribution is -2.28. The molecule has 0 unspecified atom stereocenters. The highest BCUT2D eigenvalue weighted by atomic mass is 35.5. The molecule has 1 fully saturated rings. The second kappa shape index (κ2) is 8.98. The number of nitrogens with one attached hydrogen (secondary N) is 2. The zero-order valence-electron chi connectivity index (χ0n) is 14.6. The number of rotatable bonds is 4. The molecular weight excluding hydrogens is 389 g/mol. The number of amides is 1. The molecule has 2 N–H and O–H groups in total. The number of aryl methyl sites for hydroxylation is 1. The molecule has 144 valence electrons. The first-order valence-corrected chi connectivity index (χ1v) is 8.15. The molecule has 3 aromatic rings. The lowest BCUT2D eigenvalue weighted by Gasteiger charge is -2.17. The van der Waals surface area contributed by atoms with Crippen molar-refractivity contribution in [1.82, 2.24) is 29.6 Å². The number of carbonyl (C=O) groups is 1. The number of anilines is 1. The van der Waals surface area contributed by atoms with Crippen LogP contribution in [0.3, 0.4) is 0 Å². The van der Waals surface area contributed by atoms with E-state index in [0.717, 1.165) is 17.9 Å². The van der Waals surface area contributed by atoms with E-state index >= 15 is 0 Å². The van der Waals surface area contributed by atoms with Gasteiger partial charge in [0.2, 0.25) is 5.91 Å². The Hall–Kier alpha value is -2.42. The van der Waals surface area contributed by atoms with Crippen LogP contribution in [0.5, 0.6) is 0 Å². The summed E-state index contributed by atoms with van der Waals surface area (Å²) in [7, 11) is 1.88. The standard InChI is InChI=1S/C17H19N7O.2ClH/c1-23-10-12(6-21-23)14-8-19-9-15(14)17(25)22-13-2-3-16(20-7-13)24-5-4-18-11-24;;/h2-7,10-11,14-15,19H,8-9H2,1H3,(H,22,25);2*1H/t14-,15+;;/m1../s1. The SMILES string of the molecule is Cl.Cl.Cn1cc([C@H]2CNC[C@@H]2C(=O)Nc2ccc(-n3ccnc3)nc2)cn1. The molecule has 1 aliphatic heterocycles. The van der Waals surface area contributed by atoms with Gasteiger partial charge in [0.05, 0.1) is 24.0 Å². The summed E-state index contributed by atoms with van der Waals surface area (Å²) in [4.78, 5) is 21.1. The number of imidazole rings is 1. The molecule has 0 saturated carbocycles. The third kappa shape index (κ3) is 4.47. The van der Waals surface area contributed by atoms with Gasteiger partial charge in [-0.3, -0.25) is 14.0 Å². The van der Waals surface area contributed by atoms with E-state index in [-0.39, 0.29) is 42.6 Å². The average Bonchev–Trinajstić information content (AvgIpc) is 3.36. The molecule has 0 aromatic carbocycles. The zero-order chi connectivity index (χ0) is 17.2. The van der Waals surface area contributed by atoms with E-state index in [9.17, 15) is 4.79 Å². The summed E-state index contributed by atoms with van der Waals surface area (Å²) in [5, 5.41) is 10.5. The fraction of sp³-hybridized carbons (Fsp3) is 0.294. The zero-order valence-corrected chi connectivity index (χ0v) is 16.3. The second-order valence-electron chi connectivity index (χ2n) is 6.18. The summed E-state index contributed by atoms with van der Waals surface area (Å²) in [5.41, 5.74) is 1.77. The lowest BCUT2D eigenvalue weighted by atomic mass is 9.90. The predicted octanol–water partition coefficient (Wildman–Crippen LogP) is 1.79. The van der Waals surface area contributed by atoms with Gasteiger partial charge in [-0.15, -0.1) is 24.8 Å². The third-order valence-electron chi connectivity index (χ3n) is 4.49. The van der Waals surface area contributed by atoms with Gasteiger partial charge in [-0.2, -0.15) is 5.10 Å². The molecule has 8 nitrogen and oxygen atoms in total. The highest BCUT2D eigenvalue weighted by molar-refractivity contribution is 5.93. The lowest BCUT2D eigenvalue weighted by molar-refractivity contribution is -0.119. The van der Waals surface area contributed by atoms with Crippen molar-refractivity contribution in [2.75, 3.05) is 18.4 Å². The van der Waals surface area contributed by atoms with Gasteiger partial charge in [0.1, 0.15) is 12.1 Å². The molecule has 4 rings (SSSR count). The Balaban J connectivity index is 0.00000131. The van der Waals surface area contributed by atoms with Gasteiger partial charge in [-0.25, -0.2) is 9.97 Å². The van der Waals surface area contributed by atoms with Gasteiger partial charge in [-0.05, 0) is 17.7 Å². The van der Waals surface area contributed by atoms with Gasteiger partial charge >= 0.3 is 0 Å². The van der Waals surface area contributed by atoms with Gasteiger partial charge in [0.15, 0.2) is 0 Å². The number of pyridine rings is 1. The van der Waals surface area contributed by atoms with Crippen molar-refractivity contribution < 1.29 is 4.79 Å². The molecule has 27 heavy (non-hydrogen) atoms. The van der Waals surface area contributed by atoms with Crippen molar-refractivity contribution >= 4 is 36.4 Å². The molecule has 1 aliphatic rings. The summed E-state index contributed by atoms with van der Waals surface area (Å²) >= 11 is 0. The Morgan fingerprint density at radius 1 is 1.26 bits per heavy atom. The van der Waals surface area contributed by atoms with Gasteiger partial charge in [0.25, 0.3) is 0 Å². The molecule has 0 aliphatic carbocycles. The average molecular weight is 410 g/mol. The summed E-state index contributed by atoms with van der Waals surface area (Å²) in [6.45, 7) is 1.44. The first-order chi connectivity index (χ1) is 12.2. The molecule has 10 heteroatoms. The predicted molar refractivity (Wildman–Crippen MR) is 107 cm³/mol. The number of hydrogen-bond donors (Lipinski definition) is 2. The van der Waals surface area contributed by atoms with Crippen LogP contribution in [-0.4, -0.2) is 43.3 Å². The number of nitrogens with zero attached hydrogens (tertiary/aromatic N) is 5. The van der Waals surface area contributed by atoms with E-state index in [4.69, 9.17) is 0 Å². The summed E-state index contributed by atoms with van der Waals surface area (Å²) < 4.78 is 3.58. The van der Waals surface area contributed by atoms with Crippen LogP contribution >= 0.6 is 24.8 Å². The third-order valence-corrected chi connectivity index (χ3v) is 4.49. The summed E-state index contributed by atoms with van der Waals surface area (Å²) in [6, 6.07) is 3.70. The molecule has 4 heterocycles. The minimum Gasteiger partial charge on any atom is -0.324 e. The largest absolute Gasteiger partial charge is 0.324 e. The second-order valence-corrected chi connectivity index (χ2v) is 6.18. The quantitative estimate of drug-likeness (QED) is 0.685. The molecule has 0 radical (unpaired) electrons. The molecule has 1 amide bonds. The highest BCUT2D eigenvalue weighted by Gasteiger charge is 2.34. The monoisotopic (exact) mass is 409 g/mol. The van der Waals surface area contributed by atoms with Crippen LogP contribution in [0.2, 0.25) is 0 Å². The number of carbonyl (C=O) groups excluding carboxylic acids is 1. The first kappa shape index (κ1) is 20.9. The number of aromatic nitrogens is 5. The van der Waals surface area contributed by atoms with Gasteiger partial charge in [0, 0.05) is 44.6 Å². The summed E-state index contributed by atoms with van der Waals surface area (Å²) in [5.74, 6) is 0.756. The number of hydrogen-bond acceptors (Lipinski definition) is 5. The summed E-state index contributed by atoms with van der Waals surface area (Å²) in [6.07, 6.45) is 10.7. The Kier molecular flexibility index (Phi) is 6.95. The van der Waals surface area contributed by atoms with Crippen molar-refractivity contribution in [2.45, 2.75) is 5.92 Å². The van der Waals surface area contributed by atoms with E-state index in [2.05, 4.69) is 25.7 Å². The van der Waals surface area contributed by atoms with Crippen LogP contribution in [0, 0.1) is 5.92 Å². The van der Waals surface area contributed by atoms with Crippen LogP contribution in [0.25, 0.3) is 5.82 Å². The van der Waals surface area contributed by atoms with Crippen LogP contribution in [-0.2, 0) is 11.8 Å². The Morgan fingerprint density at radius 2 is 2.11 bits per heavy atom. The molecule has 0 bridgehead atoms. The van der Waals surface area contributed by atoms with Gasteiger partial charge < -0.3 is 10.6 Å². The van der Waals surface area contributed by atoms with Crippen molar-refractivity contribution in [3.63, 3.8) is 0 Å². The first-order valence-electron chi connectivity index (χ1n) is 8.15. The maximum absolute atomic E-state index is 12.7. The fourth-order valence-corrected chi connectivity index (χ4v) is 3.18. The van der Waals surface area contributed by atoms with Crippen LogP contribution < -0.4 is 10.6 Å². The molecular formula is C17H21Cl2N7O. The minimum absolute atomic E-state index is 0. The van der Waals surface area contributed by atoms with Crippen LogP contribution in [0.1, 0.15) is 11.5 Å². The maximum Gasteiger partial charge on any atom is 0.229 e. The van der Waals surface area contributed by atoms with E-state index in [0.29, 0.717) is 12.2 Å². The molecule has 1 saturated heterocycles. The van der Waals surface area contributed by atoms with E-state index in [1.807, 2.05) is 42.3 Å². The van der Waals surface area contributed by atoms with E-state index in [1.165, 1.54) is 0 Å². The Morgan fingerprint density at radius 3 is 2.74 bits per heavy atom. The normalized spacial score (nSPS) is 18.4. The van der Waals surface area contributed by atoms with Crippen molar-refractivity contribution in [1.29, 1.82) is 0 Å². The van der Waals surface area contributed by atoms with E-state index in [1.54, 1.807) is 23.4 Å². The molecule has 2 atom stereocenters. The smallest absolute Gasteiger partial charge is 0.229 e. The van der Waals surface area contributed by atoms with E-state index < -0.39 is 0 Å². The maximum atomic E-state index is 12.7. The molecule has 0 spiro atoms. The van der Waals surface area contributed by atoms with Crippen molar-refractivity contribution in [3.05, 3.63) is 55.0 Å². The fourth-order valence-electron chi connectivity index (χ4n) is 3.18. The minimum atomic E-state index is -0.127. The highest BCUT2D eigenvalue weighted by Crippen LogP contribution is 2.28. The molecule has 3 aromatic heterocycles. The topological polar surface area (TPSA) is 89.7 Å². The van der Waals surface area contributed by atoms with Crippen LogP contribution in [0.15, 0.2) is 49.4 Å².